The van der Waals surface area contributed by atoms with Crippen LogP contribution in [0.4, 0.5) is 0 Å². The maximum atomic E-state index is 13.4. The van der Waals surface area contributed by atoms with E-state index in [2.05, 4.69) is 67.9 Å². The molecule has 146 valence electrons. The van der Waals surface area contributed by atoms with E-state index in [-0.39, 0.29) is 17.4 Å². The highest BCUT2D eigenvalue weighted by Crippen LogP contribution is 2.34. The van der Waals surface area contributed by atoms with Crippen LogP contribution >= 0.6 is 0 Å². The van der Waals surface area contributed by atoms with E-state index in [1.54, 1.807) is 4.52 Å². The molecule has 1 amide bonds. The van der Waals surface area contributed by atoms with Crippen LogP contribution in [-0.2, 0) is 5.41 Å². The fourth-order valence-corrected chi connectivity index (χ4v) is 3.93. The van der Waals surface area contributed by atoms with E-state index in [1.807, 2.05) is 11.0 Å². The second-order valence-corrected chi connectivity index (χ2v) is 8.75. The van der Waals surface area contributed by atoms with E-state index in [1.165, 1.54) is 23.0 Å². The number of likely N-dealkylation sites (tertiary alicyclic amines) is 1. The molecule has 6 nitrogen and oxygen atoms in total. The minimum Gasteiger partial charge on any atom is -0.330 e. The molecule has 4 rings (SSSR count). The van der Waals surface area contributed by atoms with E-state index in [0.29, 0.717) is 11.5 Å². The highest BCUT2D eigenvalue weighted by Gasteiger charge is 2.32. The number of aryl methyl sites for hydroxylation is 2. The molecule has 1 aliphatic heterocycles. The summed E-state index contributed by atoms with van der Waals surface area (Å²) in [5, 5.41) is 4.28. The van der Waals surface area contributed by atoms with E-state index in [0.717, 1.165) is 25.1 Å². The number of fused-ring (bicyclic) bond motifs is 1. The Bertz CT molecular complexity index is 1050. The smallest absolute Gasteiger partial charge is 0.273 e. The molecule has 1 saturated heterocycles. The number of amides is 1. The number of carbonyl (C=O) groups excluding carboxylic acids is 1. The average molecular weight is 377 g/mol. The first-order valence-corrected chi connectivity index (χ1v) is 9.85. The molecule has 3 aromatic rings. The van der Waals surface area contributed by atoms with Gasteiger partial charge in [-0.25, -0.2) is 9.50 Å². The van der Waals surface area contributed by atoms with Crippen LogP contribution in [0.1, 0.15) is 72.5 Å². The van der Waals surface area contributed by atoms with E-state index in [4.69, 9.17) is 0 Å². The normalized spacial score (nSPS) is 17.5. The predicted molar refractivity (Wildman–Crippen MR) is 108 cm³/mol. The predicted octanol–water partition coefficient (Wildman–Crippen LogP) is 4.02. The highest BCUT2D eigenvalue weighted by molar-refractivity contribution is 5.93. The Morgan fingerprint density at radius 2 is 1.93 bits per heavy atom. The second kappa shape index (κ2) is 6.69. The third-order valence-electron chi connectivity index (χ3n) is 5.67. The first-order valence-electron chi connectivity index (χ1n) is 9.85. The van der Waals surface area contributed by atoms with E-state index < -0.39 is 0 Å². The van der Waals surface area contributed by atoms with Crippen LogP contribution < -0.4 is 0 Å². The van der Waals surface area contributed by atoms with Crippen LogP contribution in [0.3, 0.4) is 0 Å². The van der Waals surface area contributed by atoms with Crippen molar-refractivity contribution in [3.63, 3.8) is 0 Å². The number of hydrogen-bond donors (Lipinski definition) is 0. The van der Waals surface area contributed by atoms with Gasteiger partial charge in [0.25, 0.3) is 11.7 Å². The molecule has 6 heteroatoms. The molecule has 0 bridgehead atoms. The molecule has 1 fully saturated rings. The van der Waals surface area contributed by atoms with Crippen molar-refractivity contribution in [2.45, 2.75) is 58.9 Å². The van der Waals surface area contributed by atoms with Gasteiger partial charge in [-0.05, 0) is 49.4 Å². The summed E-state index contributed by atoms with van der Waals surface area (Å²) < 4.78 is 1.72. The standard InChI is InChI=1S/C22H27N5O/c1-14-8-9-16(11-15(14)2)18-7-6-10-26(18)20(28)17-12-19(22(3,4)5)27-21(25-17)23-13-24-27/h8-9,11-13,18H,6-7,10H2,1-5H3/t18-/m0/s1. The molecular formula is C22H27N5O. The van der Waals surface area contributed by atoms with Crippen molar-refractivity contribution < 1.29 is 4.79 Å². The first kappa shape index (κ1) is 18.6. The van der Waals surface area contributed by atoms with Gasteiger partial charge in [-0.3, -0.25) is 4.79 Å². The topological polar surface area (TPSA) is 63.4 Å². The number of rotatable bonds is 2. The van der Waals surface area contributed by atoms with Crippen LogP contribution in [0.2, 0.25) is 0 Å². The van der Waals surface area contributed by atoms with Gasteiger partial charge in [0.05, 0.1) is 11.7 Å². The van der Waals surface area contributed by atoms with Gasteiger partial charge in [0.1, 0.15) is 12.0 Å². The minimum atomic E-state index is -0.178. The first-order chi connectivity index (χ1) is 13.3. The third-order valence-corrected chi connectivity index (χ3v) is 5.67. The van der Waals surface area contributed by atoms with Crippen LogP contribution in [-0.4, -0.2) is 36.9 Å². The molecule has 1 atom stereocenters. The Morgan fingerprint density at radius 1 is 1.14 bits per heavy atom. The minimum absolute atomic E-state index is 0.0308. The average Bonchev–Trinajstić information content (AvgIpc) is 3.30. The van der Waals surface area contributed by atoms with Gasteiger partial charge in [0.2, 0.25) is 0 Å². The van der Waals surface area contributed by atoms with Crippen LogP contribution in [0.25, 0.3) is 5.78 Å². The lowest BCUT2D eigenvalue weighted by Crippen LogP contribution is -2.32. The van der Waals surface area contributed by atoms with E-state index in [9.17, 15) is 4.79 Å². The van der Waals surface area contributed by atoms with Crippen LogP contribution in [0, 0.1) is 13.8 Å². The summed E-state index contributed by atoms with van der Waals surface area (Å²) in [7, 11) is 0. The number of carbonyl (C=O) groups is 1. The zero-order valence-corrected chi connectivity index (χ0v) is 17.2. The Balaban J connectivity index is 1.73. The lowest BCUT2D eigenvalue weighted by Gasteiger charge is -2.26. The summed E-state index contributed by atoms with van der Waals surface area (Å²) in [6, 6.07) is 8.47. The molecule has 0 radical (unpaired) electrons. The molecule has 28 heavy (non-hydrogen) atoms. The van der Waals surface area contributed by atoms with Gasteiger partial charge in [0.15, 0.2) is 0 Å². The Hall–Kier alpha value is -2.76. The summed E-state index contributed by atoms with van der Waals surface area (Å²) in [6.07, 6.45) is 3.47. The van der Waals surface area contributed by atoms with Crippen LogP contribution in [0.15, 0.2) is 30.6 Å². The van der Waals surface area contributed by atoms with Crippen molar-refractivity contribution in [2.75, 3.05) is 6.54 Å². The largest absolute Gasteiger partial charge is 0.330 e. The van der Waals surface area contributed by atoms with Gasteiger partial charge >= 0.3 is 0 Å². The Morgan fingerprint density at radius 3 is 2.64 bits per heavy atom. The van der Waals surface area contributed by atoms with Crippen molar-refractivity contribution in [3.05, 3.63) is 58.7 Å². The zero-order valence-electron chi connectivity index (χ0n) is 17.2. The number of aromatic nitrogens is 4. The summed E-state index contributed by atoms with van der Waals surface area (Å²) in [6.45, 7) is 11.3. The third kappa shape index (κ3) is 3.17. The fraction of sp³-hybridized carbons (Fsp3) is 0.455. The lowest BCUT2D eigenvalue weighted by atomic mass is 9.91. The molecule has 0 unspecified atom stereocenters. The van der Waals surface area contributed by atoms with Crippen LogP contribution in [0.5, 0.6) is 0 Å². The zero-order chi connectivity index (χ0) is 20.1. The second-order valence-electron chi connectivity index (χ2n) is 8.75. The fourth-order valence-electron chi connectivity index (χ4n) is 3.93. The monoisotopic (exact) mass is 377 g/mol. The molecule has 2 aromatic heterocycles. The summed E-state index contributed by atoms with van der Waals surface area (Å²) in [5.74, 6) is 0.439. The van der Waals surface area contributed by atoms with Gasteiger partial charge in [-0.1, -0.05) is 39.0 Å². The van der Waals surface area contributed by atoms with Crippen molar-refractivity contribution in [3.8, 4) is 0 Å². The van der Waals surface area contributed by atoms with Crippen molar-refractivity contribution in [1.29, 1.82) is 0 Å². The molecule has 0 saturated carbocycles. The molecule has 0 spiro atoms. The maximum Gasteiger partial charge on any atom is 0.273 e. The van der Waals surface area contributed by atoms with Gasteiger partial charge in [-0.15, -0.1) is 0 Å². The Kier molecular flexibility index (Phi) is 4.44. The molecule has 1 aromatic carbocycles. The molecule has 3 heterocycles. The lowest BCUT2D eigenvalue weighted by molar-refractivity contribution is 0.0729. The van der Waals surface area contributed by atoms with Gasteiger partial charge in [0, 0.05) is 12.0 Å². The maximum absolute atomic E-state index is 13.4. The molecular weight excluding hydrogens is 350 g/mol. The quantitative estimate of drug-likeness (QED) is 0.677. The molecule has 1 aliphatic rings. The SMILES string of the molecule is Cc1ccc([C@@H]2CCCN2C(=O)c2cc(C(C)(C)C)n3ncnc3n2)cc1C. The molecule has 0 aliphatic carbocycles. The summed E-state index contributed by atoms with van der Waals surface area (Å²) in [4.78, 5) is 24.1. The van der Waals surface area contributed by atoms with Gasteiger partial charge in [-0.2, -0.15) is 10.1 Å². The highest BCUT2D eigenvalue weighted by atomic mass is 16.2. The van der Waals surface area contributed by atoms with Crippen molar-refractivity contribution >= 4 is 11.7 Å². The van der Waals surface area contributed by atoms with Crippen molar-refractivity contribution in [1.82, 2.24) is 24.5 Å². The summed E-state index contributed by atoms with van der Waals surface area (Å²) >= 11 is 0. The van der Waals surface area contributed by atoms with E-state index >= 15 is 0 Å². The van der Waals surface area contributed by atoms with Gasteiger partial charge < -0.3 is 4.90 Å². The summed E-state index contributed by atoms with van der Waals surface area (Å²) in [5.41, 5.74) is 4.93. The number of hydrogen-bond acceptors (Lipinski definition) is 4. The number of nitrogens with zero attached hydrogens (tertiary/aromatic N) is 5. The number of benzene rings is 1. The van der Waals surface area contributed by atoms with Crippen molar-refractivity contribution in [2.24, 2.45) is 0 Å². The Labute approximate surface area is 165 Å². The molecule has 0 N–H and O–H groups in total.